The SMILES string of the molecule is COC(=O)c1cc(-c2ccc(C)cc2)ccn1. The Morgan fingerprint density at radius 2 is 1.82 bits per heavy atom. The maximum absolute atomic E-state index is 11.4. The Morgan fingerprint density at radius 1 is 1.12 bits per heavy atom. The van der Waals surface area contributed by atoms with Crippen molar-refractivity contribution >= 4 is 5.97 Å². The number of nitrogens with zero attached hydrogens (tertiary/aromatic N) is 1. The summed E-state index contributed by atoms with van der Waals surface area (Å²) in [5.74, 6) is -0.418. The van der Waals surface area contributed by atoms with Crippen LogP contribution in [0.25, 0.3) is 11.1 Å². The molecule has 17 heavy (non-hydrogen) atoms. The van der Waals surface area contributed by atoms with Gasteiger partial charge in [-0.15, -0.1) is 0 Å². The number of benzene rings is 1. The largest absolute Gasteiger partial charge is 0.464 e. The number of aromatic nitrogens is 1. The van der Waals surface area contributed by atoms with Crippen molar-refractivity contribution in [3.8, 4) is 11.1 Å². The molecule has 0 amide bonds. The number of rotatable bonds is 2. The first kappa shape index (κ1) is 11.3. The molecule has 0 fully saturated rings. The van der Waals surface area contributed by atoms with Crippen LogP contribution in [0.4, 0.5) is 0 Å². The summed E-state index contributed by atoms with van der Waals surface area (Å²) in [4.78, 5) is 15.3. The monoisotopic (exact) mass is 227 g/mol. The van der Waals surface area contributed by atoms with Gasteiger partial charge in [0.1, 0.15) is 5.69 Å². The molecular formula is C14H13NO2. The van der Waals surface area contributed by atoms with E-state index in [4.69, 9.17) is 0 Å². The Morgan fingerprint density at radius 3 is 2.47 bits per heavy atom. The Kier molecular flexibility index (Phi) is 3.19. The van der Waals surface area contributed by atoms with Gasteiger partial charge in [-0.3, -0.25) is 0 Å². The van der Waals surface area contributed by atoms with Gasteiger partial charge in [0.15, 0.2) is 0 Å². The highest BCUT2D eigenvalue weighted by molar-refractivity contribution is 5.88. The molecule has 0 N–H and O–H groups in total. The van der Waals surface area contributed by atoms with Crippen LogP contribution in [0, 0.1) is 6.92 Å². The predicted octanol–water partition coefficient (Wildman–Crippen LogP) is 2.84. The van der Waals surface area contributed by atoms with E-state index in [0.29, 0.717) is 5.69 Å². The fourth-order valence-corrected chi connectivity index (χ4v) is 1.57. The van der Waals surface area contributed by atoms with Gasteiger partial charge in [-0.2, -0.15) is 0 Å². The van der Waals surface area contributed by atoms with Gasteiger partial charge in [0.05, 0.1) is 7.11 Å². The molecule has 0 spiro atoms. The number of methoxy groups -OCH3 is 1. The number of hydrogen-bond acceptors (Lipinski definition) is 3. The van der Waals surface area contributed by atoms with Crippen molar-refractivity contribution in [3.05, 3.63) is 53.9 Å². The molecule has 0 radical (unpaired) electrons. The maximum atomic E-state index is 11.4. The molecule has 1 aromatic heterocycles. The number of carbonyl (C=O) groups excluding carboxylic acids is 1. The van der Waals surface area contributed by atoms with Crippen LogP contribution in [0.2, 0.25) is 0 Å². The van der Waals surface area contributed by atoms with Crippen molar-refractivity contribution in [2.45, 2.75) is 6.92 Å². The molecule has 0 saturated carbocycles. The van der Waals surface area contributed by atoms with Gasteiger partial charge in [-0.1, -0.05) is 29.8 Å². The predicted molar refractivity (Wildman–Crippen MR) is 65.7 cm³/mol. The number of pyridine rings is 1. The Balaban J connectivity index is 2.39. The standard InChI is InChI=1S/C14H13NO2/c1-10-3-5-11(6-4-10)12-7-8-15-13(9-12)14(16)17-2/h3-9H,1-2H3. The quantitative estimate of drug-likeness (QED) is 0.740. The molecule has 1 heterocycles. The average molecular weight is 227 g/mol. The second-order valence-corrected chi connectivity index (χ2v) is 3.79. The number of hydrogen-bond donors (Lipinski definition) is 0. The summed E-state index contributed by atoms with van der Waals surface area (Å²) in [6, 6.07) is 11.7. The number of esters is 1. The third kappa shape index (κ3) is 2.50. The molecule has 3 nitrogen and oxygen atoms in total. The van der Waals surface area contributed by atoms with Crippen LogP contribution in [-0.4, -0.2) is 18.1 Å². The molecule has 86 valence electrons. The average Bonchev–Trinajstić information content (AvgIpc) is 2.39. The van der Waals surface area contributed by atoms with Crippen molar-refractivity contribution in [1.29, 1.82) is 0 Å². The summed E-state index contributed by atoms with van der Waals surface area (Å²) >= 11 is 0. The molecule has 0 atom stereocenters. The molecule has 0 saturated heterocycles. The zero-order chi connectivity index (χ0) is 12.3. The van der Waals surface area contributed by atoms with E-state index >= 15 is 0 Å². The summed E-state index contributed by atoms with van der Waals surface area (Å²) in [7, 11) is 1.35. The van der Waals surface area contributed by atoms with Crippen LogP contribution in [0.5, 0.6) is 0 Å². The fraction of sp³-hybridized carbons (Fsp3) is 0.143. The highest BCUT2D eigenvalue weighted by Gasteiger charge is 2.08. The van der Waals surface area contributed by atoms with E-state index in [1.807, 2.05) is 37.3 Å². The highest BCUT2D eigenvalue weighted by atomic mass is 16.5. The Bertz CT molecular complexity index is 532. The molecule has 0 bridgehead atoms. The van der Waals surface area contributed by atoms with E-state index in [9.17, 15) is 4.79 Å². The minimum absolute atomic E-state index is 0.325. The van der Waals surface area contributed by atoms with Crippen LogP contribution < -0.4 is 0 Å². The van der Waals surface area contributed by atoms with Crippen LogP contribution in [0.1, 0.15) is 16.1 Å². The molecule has 0 aliphatic heterocycles. The topological polar surface area (TPSA) is 39.2 Å². The van der Waals surface area contributed by atoms with Crippen molar-refractivity contribution in [2.24, 2.45) is 0 Å². The molecule has 0 unspecified atom stereocenters. The molecule has 2 rings (SSSR count). The smallest absolute Gasteiger partial charge is 0.356 e. The van der Waals surface area contributed by atoms with E-state index in [1.54, 1.807) is 12.3 Å². The number of carbonyl (C=O) groups is 1. The molecule has 3 heteroatoms. The third-order valence-corrected chi connectivity index (χ3v) is 2.54. The molecule has 0 aliphatic rings. The van der Waals surface area contributed by atoms with Crippen molar-refractivity contribution in [2.75, 3.05) is 7.11 Å². The van der Waals surface area contributed by atoms with Gasteiger partial charge in [0.2, 0.25) is 0 Å². The summed E-state index contributed by atoms with van der Waals surface area (Å²) in [6.07, 6.45) is 1.61. The zero-order valence-electron chi connectivity index (χ0n) is 9.81. The van der Waals surface area contributed by atoms with Crippen LogP contribution >= 0.6 is 0 Å². The van der Waals surface area contributed by atoms with Crippen LogP contribution in [0.15, 0.2) is 42.6 Å². The second-order valence-electron chi connectivity index (χ2n) is 3.79. The molecular weight excluding hydrogens is 214 g/mol. The summed E-state index contributed by atoms with van der Waals surface area (Å²) in [5.41, 5.74) is 3.55. The minimum Gasteiger partial charge on any atom is -0.464 e. The molecule has 2 aromatic rings. The van der Waals surface area contributed by atoms with Gasteiger partial charge >= 0.3 is 5.97 Å². The van der Waals surface area contributed by atoms with E-state index in [1.165, 1.54) is 12.7 Å². The maximum Gasteiger partial charge on any atom is 0.356 e. The zero-order valence-corrected chi connectivity index (χ0v) is 9.81. The van der Waals surface area contributed by atoms with Gasteiger partial charge in [0.25, 0.3) is 0 Å². The first-order valence-corrected chi connectivity index (χ1v) is 5.32. The first-order chi connectivity index (χ1) is 8.20. The summed E-state index contributed by atoms with van der Waals surface area (Å²) < 4.78 is 4.64. The van der Waals surface area contributed by atoms with Crippen molar-refractivity contribution in [3.63, 3.8) is 0 Å². The third-order valence-electron chi connectivity index (χ3n) is 2.54. The first-order valence-electron chi connectivity index (χ1n) is 5.32. The minimum atomic E-state index is -0.418. The fourth-order valence-electron chi connectivity index (χ4n) is 1.57. The second kappa shape index (κ2) is 4.78. The van der Waals surface area contributed by atoms with Crippen LogP contribution in [0.3, 0.4) is 0 Å². The summed E-state index contributed by atoms with van der Waals surface area (Å²) in [5, 5.41) is 0. The molecule has 0 aliphatic carbocycles. The normalized spacial score (nSPS) is 10.0. The lowest BCUT2D eigenvalue weighted by molar-refractivity contribution is 0.0594. The highest BCUT2D eigenvalue weighted by Crippen LogP contribution is 2.20. The van der Waals surface area contributed by atoms with E-state index < -0.39 is 5.97 Å². The lowest BCUT2D eigenvalue weighted by atomic mass is 10.0. The lowest BCUT2D eigenvalue weighted by Crippen LogP contribution is -2.03. The van der Waals surface area contributed by atoms with Crippen molar-refractivity contribution in [1.82, 2.24) is 4.98 Å². The number of aryl methyl sites for hydroxylation is 1. The lowest BCUT2D eigenvalue weighted by Gasteiger charge is -2.04. The van der Waals surface area contributed by atoms with E-state index in [0.717, 1.165) is 11.1 Å². The van der Waals surface area contributed by atoms with Crippen LogP contribution in [-0.2, 0) is 4.74 Å². The Hall–Kier alpha value is -2.16. The van der Waals surface area contributed by atoms with Gasteiger partial charge in [0, 0.05) is 6.20 Å². The van der Waals surface area contributed by atoms with Gasteiger partial charge in [-0.25, -0.2) is 9.78 Å². The molecule has 1 aromatic carbocycles. The van der Waals surface area contributed by atoms with Gasteiger partial charge < -0.3 is 4.74 Å². The van der Waals surface area contributed by atoms with E-state index in [2.05, 4.69) is 9.72 Å². The Labute approximate surface area is 100 Å². The van der Waals surface area contributed by atoms with Gasteiger partial charge in [-0.05, 0) is 30.2 Å². The van der Waals surface area contributed by atoms with Crippen molar-refractivity contribution < 1.29 is 9.53 Å². The summed E-state index contributed by atoms with van der Waals surface area (Å²) in [6.45, 7) is 2.04. The number of ether oxygens (including phenoxy) is 1. The van der Waals surface area contributed by atoms with E-state index in [-0.39, 0.29) is 0 Å².